The molecule has 0 heterocycles. The fourth-order valence-corrected chi connectivity index (χ4v) is 1.03. The Morgan fingerprint density at radius 3 is 2.60 bits per heavy atom. The summed E-state index contributed by atoms with van der Waals surface area (Å²) >= 11 is 0. The van der Waals surface area contributed by atoms with Crippen molar-refractivity contribution in [2.45, 2.75) is 6.04 Å². The molecule has 1 unspecified atom stereocenters. The minimum Gasteiger partial charge on any atom is -0.504 e. The number of benzene rings is 1. The number of hydrogen-bond donors (Lipinski definition) is 3. The van der Waals surface area contributed by atoms with Crippen molar-refractivity contribution in [3.63, 3.8) is 0 Å². The quantitative estimate of drug-likeness (QED) is 0.722. The van der Waals surface area contributed by atoms with Crippen molar-refractivity contribution < 1.29 is 19.7 Å². The normalized spacial score (nSPS) is 11.3. The van der Waals surface area contributed by atoms with Gasteiger partial charge < -0.3 is 20.7 Å². The summed E-state index contributed by atoms with van der Waals surface area (Å²) in [7, 11) is 1.38. The van der Waals surface area contributed by atoms with Crippen LogP contribution in [0, 0.1) is 0 Å². The fourth-order valence-electron chi connectivity index (χ4n) is 1.03. The van der Waals surface area contributed by atoms with Gasteiger partial charge in [-0.3, -0.25) is 4.79 Å². The number of phenols is 1. The number of aromatic hydroxyl groups is 1. The minimum atomic E-state index is -1.13. The van der Waals surface area contributed by atoms with Gasteiger partial charge in [-0.05, 0) is 17.7 Å². The Balaban J connectivity index is 0.00000196. The number of halogens is 1. The van der Waals surface area contributed by atoms with Gasteiger partial charge in [0.15, 0.2) is 11.5 Å². The lowest BCUT2D eigenvalue weighted by Gasteiger charge is -2.09. The van der Waals surface area contributed by atoms with Gasteiger partial charge in [0.2, 0.25) is 0 Å². The average Bonchev–Trinajstić information content (AvgIpc) is 2.17. The lowest BCUT2D eigenvalue weighted by molar-refractivity contribution is -0.138. The molecule has 0 radical (unpaired) electrons. The molecule has 0 bridgehead atoms. The van der Waals surface area contributed by atoms with Crippen LogP contribution in [0.5, 0.6) is 11.5 Å². The number of methoxy groups -OCH3 is 1. The molecule has 0 aliphatic rings. The predicted molar refractivity (Wildman–Crippen MR) is 56.5 cm³/mol. The molecule has 1 atom stereocenters. The minimum absolute atomic E-state index is 0. The molecule has 4 N–H and O–H groups in total. The van der Waals surface area contributed by atoms with E-state index in [0.29, 0.717) is 5.56 Å². The first-order valence-electron chi connectivity index (χ1n) is 3.91. The first-order chi connectivity index (χ1) is 6.56. The Morgan fingerprint density at radius 2 is 2.13 bits per heavy atom. The molecule has 1 aromatic carbocycles. The summed E-state index contributed by atoms with van der Waals surface area (Å²) in [6.07, 6.45) is 0. The monoisotopic (exact) mass is 233 g/mol. The molecule has 0 aliphatic carbocycles. The van der Waals surface area contributed by atoms with Crippen molar-refractivity contribution in [2.75, 3.05) is 7.11 Å². The van der Waals surface area contributed by atoms with Crippen LogP contribution in [0.1, 0.15) is 11.6 Å². The molecule has 0 aliphatic heterocycles. The molecule has 6 heteroatoms. The van der Waals surface area contributed by atoms with Crippen LogP contribution in [0.2, 0.25) is 0 Å². The molecule has 5 nitrogen and oxygen atoms in total. The number of carboxylic acids is 1. The second-order valence-electron chi connectivity index (χ2n) is 2.75. The second kappa shape index (κ2) is 5.43. The smallest absolute Gasteiger partial charge is 0.325 e. The first kappa shape index (κ1) is 13.5. The van der Waals surface area contributed by atoms with Gasteiger partial charge in [0.1, 0.15) is 6.04 Å². The fraction of sp³-hybridized carbons (Fsp3) is 0.222. The number of hydrogen-bond acceptors (Lipinski definition) is 4. The summed E-state index contributed by atoms with van der Waals surface area (Å²) < 4.78 is 4.82. The van der Waals surface area contributed by atoms with Crippen molar-refractivity contribution >= 4 is 18.4 Å². The van der Waals surface area contributed by atoms with Gasteiger partial charge in [-0.15, -0.1) is 12.4 Å². The Morgan fingerprint density at radius 1 is 1.53 bits per heavy atom. The number of phenolic OH excluding ortho intramolecular Hbond substituents is 1. The van der Waals surface area contributed by atoms with E-state index in [1.807, 2.05) is 0 Å². The van der Waals surface area contributed by atoms with Gasteiger partial charge in [-0.1, -0.05) is 6.07 Å². The Bertz CT molecular complexity index is 356. The first-order valence-corrected chi connectivity index (χ1v) is 3.91. The van der Waals surface area contributed by atoms with Gasteiger partial charge in [-0.25, -0.2) is 0 Å². The van der Waals surface area contributed by atoms with Crippen molar-refractivity contribution in [2.24, 2.45) is 5.73 Å². The van der Waals surface area contributed by atoms with Crippen LogP contribution in [0.25, 0.3) is 0 Å². The van der Waals surface area contributed by atoms with Crippen molar-refractivity contribution in [3.05, 3.63) is 23.8 Å². The summed E-state index contributed by atoms with van der Waals surface area (Å²) in [6, 6.07) is 3.08. The molecule has 15 heavy (non-hydrogen) atoms. The van der Waals surface area contributed by atoms with Crippen LogP contribution in [0.3, 0.4) is 0 Å². The zero-order valence-electron chi connectivity index (χ0n) is 8.01. The third-order valence-corrected chi connectivity index (χ3v) is 1.83. The lowest BCUT2D eigenvalue weighted by Crippen LogP contribution is -2.20. The van der Waals surface area contributed by atoms with E-state index in [9.17, 15) is 9.90 Å². The van der Waals surface area contributed by atoms with Crippen molar-refractivity contribution in [1.82, 2.24) is 0 Å². The van der Waals surface area contributed by atoms with E-state index in [4.69, 9.17) is 15.6 Å². The van der Waals surface area contributed by atoms with E-state index >= 15 is 0 Å². The highest BCUT2D eigenvalue weighted by Crippen LogP contribution is 2.28. The maximum absolute atomic E-state index is 10.6. The largest absolute Gasteiger partial charge is 0.504 e. The highest BCUT2D eigenvalue weighted by molar-refractivity contribution is 5.85. The number of aliphatic carboxylic acids is 1. The molecule has 0 spiro atoms. The number of carbonyl (C=O) groups is 1. The molecule has 0 saturated heterocycles. The summed E-state index contributed by atoms with van der Waals surface area (Å²) in [5, 5.41) is 17.9. The van der Waals surface area contributed by atoms with Crippen LogP contribution in [0.4, 0.5) is 0 Å². The van der Waals surface area contributed by atoms with Crippen LogP contribution in [0.15, 0.2) is 18.2 Å². The molecule has 0 saturated carbocycles. The van der Waals surface area contributed by atoms with Gasteiger partial charge >= 0.3 is 5.97 Å². The van der Waals surface area contributed by atoms with E-state index in [-0.39, 0.29) is 23.9 Å². The van der Waals surface area contributed by atoms with Crippen LogP contribution < -0.4 is 10.5 Å². The molecule has 1 aromatic rings. The number of carboxylic acid groups (broad SMARTS) is 1. The third kappa shape index (κ3) is 3.00. The Hall–Kier alpha value is -1.46. The van der Waals surface area contributed by atoms with Gasteiger partial charge in [0.05, 0.1) is 7.11 Å². The van der Waals surface area contributed by atoms with E-state index < -0.39 is 12.0 Å². The molecular weight excluding hydrogens is 222 g/mol. The van der Waals surface area contributed by atoms with Crippen molar-refractivity contribution in [3.8, 4) is 11.5 Å². The molecule has 0 amide bonds. The van der Waals surface area contributed by atoms with Crippen LogP contribution in [-0.4, -0.2) is 23.3 Å². The third-order valence-electron chi connectivity index (χ3n) is 1.83. The highest BCUT2D eigenvalue weighted by atomic mass is 35.5. The summed E-state index contributed by atoms with van der Waals surface area (Å²) in [5.74, 6) is -0.967. The van der Waals surface area contributed by atoms with Gasteiger partial charge in [-0.2, -0.15) is 0 Å². The maximum atomic E-state index is 10.6. The second-order valence-corrected chi connectivity index (χ2v) is 2.75. The van der Waals surface area contributed by atoms with Crippen LogP contribution in [-0.2, 0) is 4.79 Å². The zero-order chi connectivity index (χ0) is 10.7. The topological polar surface area (TPSA) is 92.8 Å². The summed E-state index contributed by atoms with van der Waals surface area (Å²) in [5.41, 5.74) is 5.76. The SMILES string of the molecule is COc1cc(C(N)C(=O)O)ccc1O.Cl. The van der Waals surface area contributed by atoms with Gasteiger partial charge in [0, 0.05) is 0 Å². The maximum Gasteiger partial charge on any atom is 0.325 e. The average molecular weight is 234 g/mol. The summed E-state index contributed by atoms with van der Waals surface area (Å²) in [6.45, 7) is 0. The van der Waals surface area contributed by atoms with E-state index in [1.165, 1.54) is 25.3 Å². The molecular formula is C9H12ClNO4. The van der Waals surface area contributed by atoms with E-state index in [0.717, 1.165) is 0 Å². The molecule has 84 valence electrons. The molecule has 0 fully saturated rings. The Labute approximate surface area is 92.9 Å². The number of rotatable bonds is 3. The van der Waals surface area contributed by atoms with Crippen LogP contribution >= 0.6 is 12.4 Å². The zero-order valence-corrected chi connectivity index (χ0v) is 8.82. The van der Waals surface area contributed by atoms with Crippen molar-refractivity contribution in [1.29, 1.82) is 0 Å². The predicted octanol–water partition coefficient (Wildman–Crippen LogP) is 0.907. The highest BCUT2D eigenvalue weighted by Gasteiger charge is 2.15. The number of ether oxygens (including phenoxy) is 1. The molecule has 0 aromatic heterocycles. The lowest BCUT2D eigenvalue weighted by atomic mass is 10.1. The summed E-state index contributed by atoms with van der Waals surface area (Å²) in [4.78, 5) is 10.6. The van der Waals surface area contributed by atoms with E-state index in [1.54, 1.807) is 0 Å². The van der Waals surface area contributed by atoms with E-state index in [2.05, 4.69) is 0 Å². The molecule has 1 rings (SSSR count). The van der Waals surface area contributed by atoms with Gasteiger partial charge in [0.25, 0.3) is 0 Å². The Kier molecular flexibility index (Phi) is 4.90. The standard InChI is InChI=1S/C9H11NO4.ClH/c1-14-7-4-5(2-3-6(7)11)8(10)9(12)13;/h2-4,8,11H,10H2,1H3,(H,12,13);1H. The number of nitrogens with two attached hydrogens (primary N) is 1.